The van der Waals surface area contributed by atoms with Crippen molar-refractivity contribution in [3.63, 3.8) is 0 Å². The molecule has 2 aliphatic heterocycles. The minimum atomic E-state index is -0.318. The zero-order chi connectivity index (χ0) is 17.4. The van der Waals surface area contributed by atoms with E-state index in [2.05, 4.69) is 44.3 Å². The largest absolute Gasteiger partial charge is 0.488 e. The van der Waals surface area contributed by atoms with E-state index in [1.165, 1.54) is 16.7 Å². The minimum Gasteiger partial charge on any atom is -0.488 e. The summed E-state index contributed by atoms with van der Waals surface area (Å²) in [4.78, 5) is 11.9. The Hall–Kier alpha value is -2.11. The van der Waals surface area contributed by atoms with Crippen LogP contribution in [0.25, 0.3) is 16.7 Å². The highest BCUT2D eigenvalue weighted by atomic mass is 79.9. The fourth-order valence-corrected chi connectivity index (χ4v) is 3.66. The molecule has 0 aliphatic carbocycles. The maximum atomic E-state index is 11.9. The first-order valence-corrected chi connectivity index (χ1v) is 9.04. The van der Waals surface area contributed by atoms with Crippen LogP contribution < -0.4 is 4.74 Å². The van der Waals surface area contributed by atoms with Gasteiger partial charge in [0, 0.05) is 34.8 Å². The van der Waals surface area contributed by atoms with E-state index in [0.29, 0.717) is 18.8 Å². The van der Waals surface area contributed by atoms with Gasteiger partial charge in [-0.05, 0) is 53.5 Å². The van der Waals surface area contributed by atoms with Gasteiger partial charge in [0.25, 0.3) is 0 Å². The van der Waals surface area contributed by atoms with Gasteiger partial charge in [0.15, 0.2) is 0 Å². The molecule has 0 fully saturated rings. The Labute approximate surface area is 155 Å². The molecule has 128 valence electrons. The van der Waals surface area contributed by atoms with E-state index in [1.54, 1.807) is 19.1 Å². The third-order valence-corrected chi connectivity index (χ3v) is 5.06. The number of benzene rings is 2. The molecule has 5 heteroatoms. The lowest BCUT2D eigenvalue weighted by molar-refractivity contribution is 0.0526. The van der Waals surface area contributed by atoms with Crippen LogP contribution in [0.4, 0.5) is 0 Å². The van der Waals surface area contributed by atoms with Crippen LogP contribution in [-0.2, 0) is 11.3 Å². The quantitative estimate of drug-likeness (QED) is 0.565. The zero-order valence-electron chi connectivity index (χ0n) is 13.9. The topological polar surface area (TPSA) is 38.8 Å². The molecule has 2 aromatic carbocycles. The second-order valence-electron chi connectivity index (χ2n) is 6.12. The van der Waals surface area contributed by atoms with Gasteiger partial charge in [0.1, 0.15) is 12.4 Å². The number of ether oxygens (including phenoxy) is 2. The van der Waals surface area contributed by atoms with Gasteiger partial charge >= 0.3 is 5.97 Å². The summed E-state index contributed by atoms with van der Waals surface area (Å²) in [5.41, 5.74) is 6.41. The maximum Gasteiger partial charge on any atom is 0.338 e. The highest BCUT2D eigenvalue weighted by Crippen LogP contribution is 2.39. The molecule has 0 aromatic heterocycles. The fraction of sp³-hybridized carbons (Fsp3) is 0.250. The summed E-state index contributed by atoms with van der Waals surface area (Å²) in [5, 5.41) is 0. The van der Waals surface area contributed by atoms with Gasteiger partial charge in [-0.15, -0.1) is 0 Å². The van der Waals surface area contributed by atoms with Crippen molar-refractivity contribution in [3.05, 3.63) is 59.2 Å². The second kappa shape index (κ2) is 6.65. The van der Waals surface area contributed by atoms with Crippen molar-refractivity contribution in [3.8, 4) is 16.9 Å². The van der Waals surface area contributed by atoms with E-state index in [9.17, 15) is 4.79 Å². The second-order valence-corrected chi connectivity index (χ2v) is 7.13. The van der Waals surface area contributed by atoms with Gasteiger partial charge in [0.05, 0.1) is 12.2 Å². The smallest absolute Gasteiger partial charge is 0.338 e. The summed E-state index contributed by atoms with van der Waals surface area (Å²) < 4.78 is 13.0. The van der Waals surface area contributed by atoms with E-state index in [-0.39, 0.29) is 5.97 Å². The van der Waals surface area contributed by atoms with Gasteiger partial charge in [-0.25, -0.2) is 8.72 Å². The maximum absolute atomic E-state index is 11.9. The molecule has 2 aliphatic rings. The Bertz CT molecular complexity index is 875. The highest BCUT2D eigenvalue weighted by molar-refractivity contribution is 9.07. The molecule has 0 amide bonds. The molecule has 0 unspecified atom stereocenters. The van der Waals surface area contributed by atoms with Gasteiger partial charge in [0.2, 0.25) is 0 Å². The Morgan fingerprint density at radius 1 is 1.24 bits per heavy atom. The standard InChI is InChI=1S/C20H18BrNO3/c1-2-24-20(23)14-5-6-17-18-9-13(15-7-8-22(21)11-15)3-4-16(18)12-25-19(17)10-14/h3-7,9-10H,2,8,11-12H2,1H3. The Morgan fingerprint density at radius 3 is 2.88 bits per heavy atom. The van der Waals surface area contributed by atoms with Crippen molar-refractivity contribution in [1.82, 2.24) is 3.93 Å². The van der Waals surface area contributed by atoms with Crippen LogP contribution in [0.15, 0.2) is 42.5 Å². The molecule has 25 heavy (non-hydrogen) atoms. The molecule has 0 N–H and O–H groups in total. The SMILES string of the molecule is CCOC(=O)c1ccc2c(c1)OCc1ccc(C3=CCN(Br)C3)cc1-2. The number of fused-ring (bicyclic) bond motifs is 3. The average molecular weight is 400 g/mol. The number of hydrogen-bond donors (Lipinski definition) is 0. The molecular formula is C20H18BrNO3. The number of carbonyl (C=O) groups is 1. The third kappa shape index (κ3) is 3.10. The van der Waals surface area contributed by atoms with Crippen molar-refractivity contribution in [2.24, 2.45) is 0 Å². The molecule has 0 saturated heterocycles. The average Bonchev–Trinajstić information content (AvgIpc) is 3.07. The van der Waals surface area contributed by atoms with Crippen molar-refractivity contribution in [2.45, 2.75) is 13.5 Å². The molecule has 0 atom stereocenters. The number of nitrogens with zero attached hydrogens (tertiary/aromatic N) is 1. The van der Waals surface area contributed by atoms with Crippen LogP contribution in [0.2, 0.25) is 0 Å². The van der Waals surface area contributed by atoms with Gasteiger partial charge in [-0.3, -0.25) is 0 Å². The van der Waals surface area contributed by atoms with Crippen LogP contribution in [0.3, 0.4) is 0 Å². The lowest BCUT2D eigenvalue weighted by Crippen LogP contribution is -2.09. The van der Waals surface area contributed by atoms with E-state index in [0.717, 1.165) is 30.0 Å². The lowest BCUT2D eigenvalue weighted by Gasteiger charge is -2.22. The van der Waals surface area contributed by atoms with E-state index in [4.69, 9.17) is 9.47 Å². The highest BCUT2D eigenvalue weighted by Gasteiger charge is 2.21. The Kier molecular flexibility index (Phi) is 4.36. The van der Waals surface area contributed by atoms with Gasteiger partial charge < -0.3 is 9.47 Å². The number of hydrogen-bond acceptors (Lipinski definition) is 4. The molecule has 0 spiro atoms. The summed E-state index contributed by atoms with van der Waals surface area (Å²) >= 11 is 3.53. The zero-order valence-corrected chi connectivity index (χ0v) is 15.5. The first-order valence-electron chi connectivity index (χ1n) is 8.33. The minimum absolute atomic E-state index is 0.318. The molecule has 0 saturated carbocycles. The molecular weight excluding hydrogens is 382 g/mol. The Balaban J connectivity index is 1.71. The normalized spacial score (nSPS) is 15.8. The molecule has 0 radical (unpaired) electrons. The van der Waals surface area contributed by atoms with Crippen LogP contribution in [-0.4, -0.2) is 29.6 Å². The van der Waals surface area contributed by atoms with Gasteiger partial charge in [-0.1, -0.05) is 18.2 Å². The number of carbonyl (C=O) groups excluding carboxylic acids is 1. The van der Waals surface area contributed by atoms with E-state index in [1.807, 2.05) is 6.07 Å². The summed E-state index contributed by atoms with van der Waals surface area (Å²) in [6.07, 6.45) is 2.24. The number of halogens is 1. The van der Waals surface area contributed by atoms with Crippen molar-refractivity contribution >= 4 is 27.7 Å². The lowest BCUT2D eigenvalue weighted by atomic mass is 9.92. The number of rotatable bonds is 3. The van der Waals surface area contributed by atoms with Crippen molar-refractivity contribution in [1.29, 1.82) is 0 Å². The van der Waals surface area contributed by atoms with Crippen LogP contribution in [0, 0.1) is 0 Å². The monoisotopic (exact) mass is 399 g/mol. The van der Waals surface area contributed by atoms with Gasteiger partial charge in [-0.2, -0.15) is 0 Å². The number of esters is 1. The van der Waals surface area contributed by atoms with E-state index < -0.39 is 0 Å². The van der Waals surface area contributed by atoms with Crippen molar-refractivity contribution in [2.75, 3.05) is 19.7 Å². The molecule has 0 bridgehead atoms. The molecule has 2 aromatic rings. The fourth-order valence-electron chi connectivity index (χ4n) is 3.25. The van der Waals surface area contributed by atoms with Crippen molar-refractivity contribution < 1.29 is 14.3 Å². The molecule has 4 rings (SSSR count). The van der Waals surface area contributed by atoms with Crippen LogP contribution in [0.1, 0.15) is 28.4 Å². The summed E-state index contributed by atoms with van der Waals surface area (Å²) in [6, 6.07) is 12.0. The first-order chi connectivity index (χ1) is 12.2. The summed E-state index contributed by atoms with van der Waals surface area (Å²) in [6.45, 7) is 4.48. The predicted molar refractivity (Wildman–Crippen MR) is 101 cm³/mol. The Morgan fingerprint density at radius 2 is 2.12 bits per heavy atom. The van der Waals surface area contributed by atoms with E-state index >= 15 is 0 Å². The van der Waals surface area contributed by atoms with Crippen LogP contribution >= 0.6 is 16.1 Å². The summed E-state index contributed by atoms with van der Waals surface area (Å²) in [7, 11) is 0. The predicted octanol–water partition coefficient (Wildman–Crippen LogP) is 4.43. The third-order valence-electron chi connectivity index (χ3n) is 4.52. The first kappa shape index (κ1) is 16.4. The molecule has 2 heterocycles. The molecule has 4 nitrogen and oxygen atoms in total. The summed E-state index contributed by atoms with van der Waals surface area (Å²) in [5.74, 6) is 0.416. The van der Waals surface area contributed by atoms with Crippen LogP contribution in [0.5, 0.6) is 5.75 Å².